The van der Waals surface area contributed by atoms with Crippen LogP contribution in [0.15, 0.2) is 66.7 Å². The van der Waals surface area contributed by atoms with E-state index in [1.807, 2.05) is 32.9 Å². The lowest BCUT2D eigenvalue weighted by Crippen LogP contribution is -2.35. The van der Waals surface area contributed by atoms with Crippen LogP contribution in [0.25, 0.3) is 10.9 Å². The van der Waals surface area contributed by atoms with Crippen molar-refractivity contribution in [2.45, 2.75) is 84.7 Å². The fourth-order valence-electron chi connectivity index (χ4n) is 4.20. The third kappa shape index (κ3) is 10.2. The summed E-state index contributed by atoms with van der Waals surface area (Å²) in [7, 11) is 1.65. The Balaban J connectivity index is 0.000000318. The summed E-state index contributed by atoms with van der Waals surface area (Å²) in [4.78, 5) is 21.6. The van der Waals surface area contributed by atoms with E-state index in [0.29, 0.717) is 12.0 Å². The smallest absolute Gasteiger partial charge is 0.253 e. The van der Waals surface area contributed by atoms with Gasteiger partial charge in [0.1, 0.15) is 11.9 Å². The summed E-state index contributed by atoms with van der Waals surface area (Å²) < 4.78 is 0. The van der Waals surface area contributed by atoms with E-state index in [4.69, 9.17) is 5.73 Å². The zero-order valence-corrected chi connectivity index (χ0v) is 23.0. The monoisotopic (exact) mass is 493 g/mol. The van der Waals surface area contributed by atoms with E-state index in [1.54, 1.807) is 13.1 Å². The number of benzene rings is 1. The molecule has 6 nitrogen and oxygen atoms in total. The summed E-state index contributed by atoms with van der Waals surface area (Å²) in [5, 5.41) is 4.80. The van der Waals surface area contributed by atoms with Crippen molar-refractivity contribution in [3.8, 4) is 0 Å². The first-order chi connectivity index (χ1) is 17.4. The van der Waals surface area contributed by atoms with Crippen LogP contribution in [0.4, 0.5) is 5.82 Å². The van der Waals surface area contributed by atoms with Gasteiger partial charge in [0.25, 0.3) is 5.91 Å². The van der Waals surface area contributed by atoms with Crippen molar-refractivity contribution in [2.24, 2.45) is 16.6 Å². The summed E-state index contributed by atoms with van der Waals surface area (Å²) >= 11 is 0. The Kier molecular flexibility index (Phi) is 14.8. The molecular weight excluding hydrogens is 446 g/mol. The molecule has 1 amide bonds. The largest absolute Gasteiger partial charge is 0.369 e. The molecule has 6 heteroatoms. The van der Waals surface area contributed by atoms with Gasteiger partial charge in [-0.15, -0.1) is 13.2 Å². The number of aromatic nitrogens is 1. The Morgan fingerprint density at radius 2 is 1.86 bits per heavy atom. The summed E-state index contributed by atoms with van der Waals surface area (Å²) in [5.74, 6) is 2.19. The van der Waals surface area contributed by atoms with Crippen LogP contribution in [-0.2, 0) is 4.79 Å². The van der Waals surface area contributed by atoms with Gasteiger partial charge in [-0.05, 0) is 63.1 Å². The van der Waals surface area contributed by atoms with Crippen molar-refractivity contribution in [2.75, 3.05) is 12.4 Å². The minimum absolute atomic E-state index is 0.00145. The molecule has 198 valence electrons. The Morgan fingerprint density at radius 3 is 2.47 bits per heavy atom. The highest BCUT2D eigenvalue weighted by Gasteiger charge is 2.29. The minimum Gasteiger partial charge on any atom is -0.369 e. The molecule has 1 fully saturated rings. The molecule has 36 heavy (non-hydrogen) atoms. The number of hydrogen-bond donors (Lipinski definition) is 2. The highest BCUT2D eigenvalue weighted by molar-refractivity contribution is 6.03. The third-order valence-corrected chi connectivity index (χ3v) is 6.02. The van der Waals surface area contributed by atoms with E-state index >= 15 is 0 Å². The maximum absolute atomic E-state index is 11.4. The van der Waals surface area contributed by atoms with Crippen LogP contribution in [-0.4, -0.2) is 40.9 Å². The number of unbranched alkanes of at least 4 members (excludes halogenated alkanes) is 1. The second-order valence-corrected chi connectivity index (χ2v) is 9.03. The van der Waals surface area contributed by atoms with Gasteiger partial charge in [0.15, 0.2) is 5.96 Å². The number of allylic oxidation sites excluding steroid dienone is 2. The number of para-hydroxylation sites is 1. The fourth-order valence-corrected chi connectivity index (χ4v) is 4.20. The Bertz CT molecular complexity index is 971. The number of rotatable bonds is 6. The van der Waals surface area contributed by atoms with Gasteiger partial charge < -0.3 is 11.1 Å². The fraction of sp³-hybridized carbons (Fsp3) is 0.500. The normalized spacial score (nSPS) is 20.5. The molecule has 0 radical (unpaired) electrons. The quantitative estimate of drug-likeness (QED) is 0.337. The molecular formula is C30H47N5O. The van der Waals surface area contributed by atoms with Crippen molar-refractivity contribution in [1.29, 1.82) is 0 Å². The number of anilines is 1. The molecule has 1 aromatic heterocycles. The first-order valence-corrected chi connectivity index (χ1v) is 13.3. The SMILES string of the molecule is C=CC.C=CCCCC1N=C(N)N(C)C1=O.CC.CC1CCCC(Nc2ccc3ccccc3n2)C1. The predicted molar refractivity (Wildman–Crippen MR) is 156 cm³/mol. The molecule has 0 saturated heterocycles. The molecule has 1 aromatic carbocycles. The van der Waals surface area contributed by atoms with Gasteiger partial charge in [-0.25, -0.2) is 9.98 Å². The number of nitrogens with two attached hydrogens (primary N) is 1. The van der Waals surface area contributed by atoms with Gasteiger partial charge in [0.05, 0.1) is 5.52 Å². The lowest BCUT2D eigenvalue weighted by molar-refractivity contribution is -0.126. The molecule has 3 atom stereocenters. The number of amides is 1. The third-order valence-electron chi connectivity index (χ3n) is 6.02. The van der Waals surface area contributed by atoms with Crippen molar-refractivity contribution >= 4 is 28.6 Å². The second-order valence-electron chi connectivity index (χ2n) is 9.03. The van der Waals surface area contributed by atoms with E-state index in [-0.39, 0.29) is 11.9 Å². The Morgan fingerprint density at radius 1 is 1.17 bits per heavy atom. The average molecular weight is 494 g/mol. The number of guanidine groups is 1. The van der Waals surface area contributed by atoms with E-state index in [9.17, 15) is 4.79 Å². The molecule has 0 bridgehead atoms. The topological polar surface area (TPSA) is 83.6 Å². The zero-order valence-electron chi connectivity index (χ0n) is 23.0. The van der Waals surface area contributed by atoms with Crippen molar-refractivity contribution in [1.82, 2.24) is 9.88 Å². The number of fused-ring (bicyclic) bond motifs is 1. The zero-order chi connectivity index (χ0) is 26.9. The lowest BCUT2D eigenvalue weighted by Gasteiger charge is -2.27. The van der Waals surface area contributed by atoms with E-state index in [1.165, 1.54) is 36.0 Å². The van der Waals surface area contributed by atoms with E-state index < -0.39 is 0 Å². The van der Waals surface area contributed by atoms with Crippen LogP contribution in [0.1, 0.15) is 72.6 Å². The van der Waals surface area contributed by atoms with Gasteiger partial charge in [-0.3, -0.25) is 9.69 Å². The van der Waals surface area contributed by atoms with E-state index in [2.05, 4.69) is 65.7 Å². The van der Waals surface area contributed by atoms with Crippen LogP contribution in [0.2, 0.25) is 0 Å². The number of carbonyl (C=O) groups is 1. The molecule has 2 aromatic rings. The Labute approximate surface area is 218 Å². The summed E-state index contributed by atoms with van der Waals surface area (Å²) in [5.41, 5.74) is 6.57. The summed E-state index contributed by atoms with van der Waals surface area (Å²) in [6.45, 7) is 15.2. The Hall–Kier alpha value is -3.15. The van der Waals surface area contributed by atoms with Crippen LogP contribution in [0.3, 0.4) is 0 Å². The molecule has 1 saturated carbocycles. The number of nitrogens with one attached hydrogen (secondary N) is 1. The standard InChI is InChI=1S/C16H20N2.C9H15N3O.C3H6.C2H6/c1-12-5-4-7-14(11-12)17-16-10-9-13-6-2-3-8-15(13)18-16;1-3-4-5-6-7-8(13)12(2)9(10)11-7;1-3-2;1-2/h2-3,6,8-10,12,14H,4-5,7,11H2,1H3,(H,17,18);3,7H,1,4-6H2,2H3,(H2,10,11);3H,1H2,2H3;1-2H3. The van der Waals surface area contributed by atoms with Crippen LogP contribution in [0, 0.1) is 5.92 Å². The van der Waals surface area contributed by atoms with Crippen LogP contribution in [0.5, 0.6) is 0 Å². The molecule has 2 heterocycles. The van der Waals surface area contributed by atoms with Crippen LogP contribution < -0.4 is 11.1 Å². The number of nitrogens with zero attached hydrogens (tertiary/aromatic N) is 3. The molecule has 0 spiro atoms. The van der Waals surface area contributed by atoms with Crippen molar-refractivity contribution in [3.05, 3.63) is 61.7 Å². The van der Waals surface area contributed by atoms with Gasteiger partial charge in [-0.1, -0.05) is 64.0 Å². The van der Waals surface area contributed by atoms with E-state index in [0.717, 1.165) is 36.5 Å². The first-order valence-electron chi connectivity index (χ1n) is 13.3. The molecule has 1 aliphatic heterocycles. The number of likely N-dealkylation sites (N-methyl/N-ethyl adjacent to an activating group) is 1. The maximum Gasteiger partial charge on any atom is 0.253 e. The molecule has 3 unspecified atom stereocenters. The number of pyridine rings is 1. The van der Waals surface area contributed by atoms with Gasteiger partial charge in [0.2, 0.25) is 0 Å². The summed E-state index contributed by atoms with van der Waals surface area (Å²) in [6, 6.07) is 12.9. The van der Waals surface area contributed by atoms with Crippen LogP contribution >= 0.6 is 0 Å². The molecule has 1 aliphatic carbocycles. The number of carbonyl (C=O) groups excluding carboxylic acids is 1. The summed E-state index contributed by atoms with van der Waals surface area (Å²) in [6.07, 6.45) is 11.5. The maximum atomic E-state index is 11.4. The van der Waals surface area contributed by atoms with Gasteiger partial charge in [-0.2, -0.15) is 0 Å². The predicted octanol–water partition coefficient (Wildman–Crippen LogP) is 6.94. The number of hydrogen-bond acceptors (Lipinski definition) is 5. The number of aliphatic imine (C=N–C) groups is 1. The van der Waals surface area contributed by atoms with Crippen molar-refractivity contribution in [3.63, 3.8) is 0 Å². The lowest BCUT2D eigenvalue weighted by atomic mass is 9.87. The average Bonchev–Trinajstić information content (AvgIpc) is 3.13. The highest BCUT2D eigenvalue weighted by Crippen LogP contribution is 2.26. The van der Waals surface area contributed by atoms with Gasteiger partial charge >= 0.3 is 0 Å². The molecule has 2 aliphatic rings. The first kappa shape index (κ1) is 30.9. The molecule has 3 N–H and O–H groups in total. The second kappa shape index (κ2) is 17.3. The van der Waals surface area contributed by atoms with Crippen molar-refractivity contribution < 1.29 is 4.79 Å². The highest BCUT2D eigenvalue weighted by atomic mass is 16.2. The van der Waals surface area contributed by atoms with Gasteiger partial charge in [0, 0.05) is 18.5 Å². The minimum atomic E-state index is -0.259. The molecule has 4 rings (SSSR count).